The zero-order chi connectivity index (χ0) is 21.1. The lowest BCUT2D eigenvalue weighted by atomic mass is 10.2. The molecule has 148 valence electrons. The third-order valence-corrected chi connectivity index (χ3v) is 4.27. The van der Waals surface area contributed by atoms with Crippen LogP contribution in [0.5, 0.6) is 0 Å². The van der Waals surface area contributed by atoms with Crippen LogP contribution in [-0.2, 0) is 0 Å². The van der Waals surface area contributed by atoms with Gasteiger partial charge in [0.1, 0.15) is 0 Å². The number of benzene rings is 2. The molecule has 0 aliphatic rings. The first kappa shape index (κ1) is 20.1. The minimum Gasteiger partial charge on any atom is -0.387 e. The van der Waals surface area contributed by atoms with Crippen LogP contribution in [0.15, 0.2) is 48.5 Å². The lowest BCUT2D eigenvalue weighted by Gasteiger charge is -2.12. The quantitative estimate of drug-likeness (QED) is 0.350. The zero-order valence-electron chi connectivity index (χ0n) is 14.4. The predicted octanol–water partition coefficient (Wildman–Crippen LogP) is 5.27. The van der Waals surface area contributed by atoms with Gasteiger partial charge in [-0.25, -0.2) is 0 Å². The molecule has 10 nitrogen and oxygen atoms in total. The average Bonchev–Trinajstić information content (AvgIpc) is 2.64. The molecule has 0 saturated heterocycles. The smallest absolute Gasteiger partial charge is 0.341 e. The van der Waals surface area contributed by atoms with E-state index in [0.29, 0.717) is 21.4 Å². The Kier molecular flexibility index (Phi) is 5.66. The Hall–Kier alpha value is -3.63. The highest BCUT2D eigenvalue weighted by Gasteiger charge is 2.33. The van der Waals surface area contributed by atoms with Crippen LogP contribution in [0.25, 0.3) is 0 Å². The number of nitrogen functional groups attached to an aromatic ring is 1. The molecule has 3 aromatic rings. The van der Waals surface area contributed by atoms with Gasteiger partial charge in [0, 0.05) is 21.4 Å². The van der Waals surface area contributed by atoms with Crippen molar-refractivity contribution in [2.24, 2.45) is 0 Å². The van der Waals surface area contributed by atoms with Gasteiger partial charge >= 0.3 is 11.4 Å². The highest BCUT2D eigenvalue weighted by Crippen LogP contribution is 2.43. The third-order valence-electron chi connectivity index (χ3n) is 3.76. The molecule has 0 bridgehead atoms. The Morgan fingerprint density at radius 3 is 1.41 bits per heavy atom. The second-order valence-electron chi connectivity index (χ2n) is 5.70. The van der Waals surface area contributed by atoms with E-state index in [2.05, 4.69) is 15.6 Å². The number of pyridine rings is 1. The largest absolute Gasteiger partial charge is 0.387 e. The highest BCUT2D eigenvalue weighted by molar-refractivity contribution is 6.30. The van der Waals surface area contributed by atoms with Crippen LogP contribution >= 0.6 is 23.2 Å². The summed E-state index contributed by atoms with van der Waals surface area (Å²) in [5.41, 5.74) is 4.58. The maximum atomic E-state index is 11.5. The monoisotopic (exact) mass is 434 g/mol. The number of nitro groups is 2. The SMILES string of the molecule is Nc1c([N+](=O)[O-])c(Nc2ccc(Cl)cc2)nc(Nc2ccc(Cl)cc2)c1[N+](=O)[O-]. The minimum absolute atomic E-state index is 0.267. The number of rotatable bonds is 6. The van der Waals surface area contributed by atoms with Gasteiger partial charge in [-0.3, -0.25) is 20.2 Å². The van der Waals surface area contributed by atoms with E-state index < -0.39 is 26.9 Å². The molecule has 0 radical (unpaired) electrons. The summed E-state index contributed by atoms with van der Waals surface area (Å²) in [5.74, 6) is -0.534. The Labute approximate surface area is 173 Å². The van der Waals surface area contributed by atoms with Crippen molar-refractivity contribution in [3.8, 4) is 0 Å². The molecule has 0 spiro atoms. The molecule has 1 heterocycles. The lowest BCUT2D eigenvalue weighted by Crippen LogP contribution is -2.10. The van der Waals surface area contributed by atoms with Gasteiger partial charge in [-0.2, -0.15) is 4.98 Å². The number of hydrogen-bond donors (Lipinski definition) is 3. The Balaban J connectivity index is 2.14. The molecular formula is C17H12Cl2N6O4. The summed E-state index contributed by atoms with van der Waals surface area (Å²) in [7, 11) is 0. The Bertz CT molecular complexity index is 1010. The molecule has 4 N–H and O–H groups in total. The van der Waals surface area contributed by atoms with Crippen LogP contribution in [0, 0.1) is 20.2 Å². The maximum Gasteiger partial charge on any atom is 0.341 e. The second-order valence-corrected chi connectivity index (χ2v) is 6.57. The topological polar surface area (TPSA) is 149 Å². The minimum atomic E-state index is -0.834. The van der Waals surface area contributed by atoms with E-state index in [0.717, 1.165) is 0 Å². The molecule has 3 rings (SSSR count). The van der Waals surface area contributed by atoms with Crippen LogP contribution in [-0.4, -0.2) is 14.8 Å². The van der Waals surface area contributed by atoms with Crippen molar-refractivity contribution in [2.75, 3.05) is 16.4 Å². The van der Waals surface area contributed by atoms with Crippen molar-refractivity contribution in [1.82, 2.24) is 4.98 Å². The third kappa shape index (κ3) is 4.45. The van der Waals surface area contributed by atoms with Crippen LogP contribution in [0.3, 0.4) is 0 Å². The number of hydrogen-bond acceptors (Lipinski definition) is 8. The van der Waals surface area contributed by atoms with E-state index in [1.165, 1.54) is 0 Å². The van der Waals surface area contributed by atoms with Gasteiger partial charge in [0.25, 0.3) is 0 Å². The Morgan fingerprint density at radius 1 is 0.759 bits per heavy atom. The Morgan fingerprint density at radius 2 is 1.10 bits per heavy atom. The molecule has 0 fully saturated rings. The number of halogens is 2. The molecule has 2 aromatic carbocycles. The summed E-state index contributed by atoms with van der Waals surface area (Å²) in [4.78, 5) is 25.5. The summed E-state index contributed by atoms with van der Waals surface area (Å²) >= 11 is 11.7. The standard InChI is InChI=1S/C17H12Cl2N6O4/c18-9-1-5-11(6-2-9)21-16-14(24(26)27)13(20)15(25(28)29)17(23-16)22-12-7-3-10(19)4-8-12/h1-8H,(H4,20,21,22,23). The van der Waals surface area contributed by atoms with Gasteiger partial charge in [-0.1, -0.05) is 23.2 Å². The van der Waals surface area contributed by atoms with Crippen LogP contribution in [0.4, 0.5) is 40.1 Å². The summed E-state index contributed by atoms with van der Waals surface area (Å²) in [6.45, 7) is 0. The summed E-state index contributed by atoms with van der Waals surface area (Å²) in [6, 6.07) is 12.5. The summed E-state index contributed by atoms with van der Waals surface area (Å²) in [6.07, 6.45) is 0. The number of nitrogens with zero attached hydrogens (tertiary/aromatic N) is 3. The van der Waals surface area contributed by atoms with Gasteiger partial charge < -0.3 is 16.4 Å². The first-order chi connectivity index (χ1) is 13.8. The zero-order valence-corrected chi connectivity index (χ0v) is 15.9. The molecule has 29 heavy (non-hydrogen) atoms. The van der Waals surface area contributed by atoms with Crippen LogP contribution in [0.2, 0.25) is 10.0 Å². The fourth-order valence-corrected chi connectivity index (χ4v) is 2.72. The fourth-order valence-electron chi connectivity index (χ4n) is 2.47. The van der Waals surface area contributed by atoms with E-state index in [1.807, 2.05) is 0 Å². The van der Waals surface area contributed by atoms with Gasteiger partial charge in [-0.05, 0) is 48.5 Å². The van der Waals surface area contributed by atoms with Gasteiger partial charge in [0.15, 0.2) is 5.69 Å². The molecule has 1 aromatic heterocycles. The van der Waals surface area contributed by atoms with E-state index >= 15 is 0 Å². The first-order valence-corrected chi connectivity index (χ1v) is 8.69. The number of aromatic nitrogens is 1. The van der Waals surface area contributed by atoms with Crippen molar-refractivity contribution in [3.05, 3.63) is 78.8 Å². The van der Waals surface area contributed by atoms with Crippen molar-refractivity contribution in [1.29, 1.82) is 0 Å². The second kappa shape index (κ2) is 8.17. The van der Waals surface area contributed by atoms with E-state index in [9.17, 15) is 20.2 Å². The van der Waals surface area contributed by atoms with E-state index in [4.69, 9.17) is 28.9 Å². The molecule has 0 atom stereocenters. The van der Waals surface area contributed by atoms with Gasteiger partial charge in [0.2, 0.25) is 11.6 Å². The molecule has 0 saturated carbocycles. The number of nitrogens with one attached hydrogen (secondary N) is 2. The van der Waals surface area contributed by atoms with Crippen molar-refractivity contribution in [2.45, 2.75) is 0 Å². The summed E-state index contributed by atoms with van der Waals surface area (Å²) in [5, 5.41) is 29.5. The normalized spacial score (nSPS) is 10.4. The van der Waals surface area contributed by atoms with Crippen molar-refractivity contribution >= 4 is 63.3 Å². The number of nitrogens with two attached hydrogens (primary N) is 1. The van der Waals surface area contributed by atoms with E-state index in [-0.39, 0.29) is 11.6 Å². The van der Waals surface area contributed by atoms with E-state index in [1.54, 1.807) is 48.5 Å². The van der Waals surface area contributed by atoms with Crippen molar-refractivity contribution in [3.63, 3.8) is 0 Å². The molecule has 0 unspecified atom stereocenters. The molecule has 0 amide bonds. The highest BCUT2D eigenvalue weighted by atomic mass is 35.5. The molecule has 12 heteroatoms. The summed E-state index contributed by atoms with van der Waals surface area (Å²) < 4.78 is 0. The fraction of sp³-hybridized carbons (Fsp3) is 0. The first-order valence-electron chi connectivity index (χ1n) is 7.93. The van der Waals surface area contributed by atoms with Gasteiger partial charge in [0.05, 0.1) is 9.85 Å². The molecular weight excluding hydrogens is 423 g/mol. The molecule has 0 aliphatic carbocycles. The van der Waals surface area contributed by atoms with Gasteiger partial charge in [-0.15, -0.1) is 0 Å². The van der Waals surface area contributed by atoms with Crippen LogP contribution in [0.1, 0.15) is 0 Å². The lowest BCUT2D eigenvalue weighted by molar-refractivity contribution is -0.391. The maximum absolute atomic E-state index is 11.5. The van der Waals surface area contributed by atoms with Crippen molar-refractivity contribution < 1.29 is 9.85 Å². The van der Waals surface area contributed by atoms with Crippen LogP contribution < -0.4 is 16.4 Å². The number of anilines is 5. The molecule has 0 aliphatic heterocycles. The average molecular weight is 435 g/mol. The predicted molar refractivity (Wildman–Crippen MR) is 111 cm³/mol.